The lowest BCUT2D eigenvalue weighted by molar-refractivity contribution is 1.10. The van der Waals surface area contributed by atoms with Crippen molar-refractivity contribution in [3.8, 4) is 0 Å². The molecular weight excluding hydrogens is 214 g/mol. The quantitative estimate of drug-likeness (QED) is 0.722. The maximum Gasteiger partial charge on any atom is 0.182 e. The number of rotatable bonds is 3. The number of anilines is 1. The number of imidazole rings is 1. The van der Waals surface area contributed by atoms with Gasteiger partial charge in [0.05, 0.1) is 13.2 Å². The Kier molecular flexibility index (Phi) is 1.43. The topological polar surface area (TPSA) is 66.5 Å². The standard InChI is InChI=1S/C12H11N5/c1-2-4-9(5-3-1)6-13-11-10-12(15-7-14-10)17-8-16-11/h1-5,7-8H,6H2,(H2,13,14,15,16,17)/i1D,2D,3D,4D,5D. The molecule has 3 rings (SSSR count). The molecule has 0 saturated carbocycles. The first-order valence-corrected chi connectivity index (χ1v) is 4.94. The van der Waals surface area contributed by atoms with Crippen LogP contribution >= 0.6 is 0 Å². The van der Waals surface area contributed by atoms with Crippen molar-refractivity contribution in [3.63, 3.8) is 0 Å². The Hall–Kier alpha value is -2.43. The number of H-pyrrole nitrogens is 1. The molecule has 0 amide bonds. The average molecular weight is 230 g/mol. The third-order valence-corrected chi connectivity index (χ3v) is 2.21. The van der Waals surface area contributed by atoms with E-state index in [0.717, 1.165) is 0 Å². The van der Waals surface area contributed by atoms with Gasteiger partial charge in [0, 0.05) is 6.54 Å². The van der Waals surface area contributed by atoms with E-state index >= 15 is 0 Å². The van der Waals surface area contributed by atoms with Crippen LogP contribution in [0.2, 0.25) is 0 Å². The van der Waals surface area contributed by atoms with E-state index in [2.05, 4.69) is 25.3 Å². The molecule has 0 aliphatic carbocycles. The van der Waals surface area contributed by atoms with Crippen molar-refractivity contribution in [3.05, 3.63) is 48.4 Å². The Morgan fingerprint density at radius 2 is 2.06 bits per heavy atom. The van der Waals surface area contributed by atoms with Crippen molar-refractivity contribution in [2.45, 2.75) is 6.54 Å². The molecule has 1 aromatic carbocycles. The van der Waals surface area contributed by atoms with E-state index in [4.69, 9.17) is 6.85 Å². The molecule has 2 heterocycles. The number of nitrogens with one attached hydrogen (secondary N) is 2. The van der Waals surface area contributed by atoms with Crippen molar-refractivity contribution in [2.24, 2.45) is 0 Å². The van der Waals surface area contributed by atoms with Crippen LogP contribution in [-0.4, -0.2) is 19.9 Å². The molecule has 2 N–H and O–H groups in total. The van der Waals surface area contributed by atoms with Crippen molar-refractivity contribution in [1.82, 2.24) is 19.9 Å². The van der Waals surface area contributed by atoms with E-state index in [9.17, 15) is 0 Å². The fourth-order valence-corrected chi connectivity index (χ4v) is 1.44. The highest BCUT2D eigenvalue weighted by Gasteiger charge is 2.04. The maximum atomic E-state index is 7.87. The Morgan fingerprint density at radius 1 is 1.18 bits per heavy atom. The minimum absolute atomic E-state index is 0.0425. The van der Waals surface area contributed by atoms with Gasteiger partial charge in [0.2, 0.25) is 0 Å². The molecule has 84 valence electrons. The molecule has 0 spiro atoms. The third-order valence-electron chi connectivity index (χ3n) is 2.21. The SMILES string of the molecule is [2H]c1c([2H])c([2H])c(CNc2ncnc3nc[nH]c23)c([2H])c1[2H]. The van der Waals surface area contributed by atoms with E-state index in [-0.39, 0.29) is 36.3 Å². The Morgan fingerprint density at radius 3 is 2.94 bits per heavy atom. The van der Waals surface area contributed by atoms with Crippen LogP contribution in [0.3, 0.4) is 0 Å². The number of aromatic nitrogens is 4. The van der Waals surface area contributed by atoms with Crippen LogP contribution in [0.25, 0.3) is 11.2 Å². The van der Waals surface area contributed by atoms with Gasteiger partial charge in [-0.3, -0.25) is 0 Å². The average Bonchev–Trinajstić information content (AvgIpc) is 3.00. The van der Waals surface area contributed by atoms with Crippen molar-refractivity contribution in [2.75, 3.05) is 5.32 Å². The van der Waals surface area contributed by atoms with Crippen LogP contribution in [-0.2, 0) is 6.54 Å². The van der Waals surface area contributed by atoms with Gasteiger partial charge < -0.3 is 10.3 Å². The Labute approximate surface area is 105 Å². The third kappa shape index (κ3) is 1.94. The summed E-state index contributed by atoms with van der Waals surface area (Å²) in [5.74, 6) is 0.453. The van der Waals surface area contributed by atoms with Crippen LogP contribution in [0.4, 0.5) is 5.82 Å². The molecule has 0 bridgehead atoms. The molecule has 2 aromatic heterocycles. The van der Waals surface area contributed by atoms with Crippen LogP contribution in [0, 0.1) is 0 Å². The largest absolute Gasteiger partial charge is 0.364 e. The number of fused-ring (bicyclic) bond motifs is 1. The summed E-state index contributed by atoms with van der Waals surface area (Å²) in [5.41, 5.74) is 1.26. The summed E-state index contributed by atoms with van der Waals surface area (Å²) in [4.78, 5) is 14.9. The van der Waals surface area contributed by atoms with Crippen LogP contribution in [0.1, 0.15) is 12.4 Å². The highest BCUT2D eigenvalue weighted by molar-refractivity contribution is 5.81. The molecule has 0 aliphatic heterocycles. The molecular formula is C12H11N5. The fraction of sp³-hybridized carbons (Fsp3) is 0.0833. The first-order chi connectivity index (χ1) is 10.5. The molecule has 0 fully saturated rings. The van der Waals surface area contributed by atoms with Gasteiger partial charge in [0.25, 0.3) is 0 Å². The molecule has 0 atom stereocenters. The van der Waals surface area contributed by atoms with Gasteiger partial charge in [-0.1, -0.05) is 30.2 Å². The molecule has 5 nitrogen and oxygen atoms in total. The van der Waals surface area contributed by atoms with Gasteiger partial charge in [-0.05, 0) is 5.56 Å². The number of hydrogen-bond acceptors (Lipinski definition) is 4. The van der Waals surface area contributed by atoms with Gasteiger partial charge in [0.15, 0.2) is 11.5 Å². The zero-order valence-corrected chi connectivity index (χ0v) is 8.70. The van der Waals surface area contributed by atoms with Crippen molar-refractivity contribution in [1.29, 1.82) is 0 Å². The molecule has 0 saturated heterocycles. The molecule has 0 aliphatic rings. The minimum Gasteiger partial charge on any atom is -0.364 e. The smallest absolute Gasteiger partial charge is 0.182 e. The minimum atomic E-state index is -0.406. The number of benzene rings is 1. The summed E-state index contributed by atoms with van der Waals surface area (Å²) in [7, 11) is 0. The first kappa shape index (κ1) is 5.77. The van der Waals surface area contributed by atoms with Crippen molar-refractivity contribution < 1.29 is 6.85 Å². The summed E-state index contributed by atoms with van der Waals surface area (Å²) < 4.78 is 38.6. The van der Waals surface area contributed by atoms with Gasteiger partial charge in [-0.15, -0.1) is 0 Å². The van der Waals surface area contributed by atoms with Gasteiger partial charge in [0.1, 0.15) is 11.8 Å². The second kappa shape index (κ2) is 4.21. The Balaban J connectivity index is 1.96. The summed E-state index contributed by atoms with van der Waals surface area (Å²) in [5, 5.41) is 2.96. The van der Waals surface area contributed by atoms with E-state index in [1.165, 1.54) is 12.7 Å². The first-order valence-electron chi connectivity index (χ1n) is 7.44. The monoisotopic (exact) mass is 230 g/mol. The van der Waals surface area contributed by atoms with E-state index < -0.39 is 6.04 Å². The van der Waals surface area contributed by atoms with E-state index in [1.54, 1.807) is 0 Å². The molecule has 0 radical (unpaired) electrons. The van der Waals surface area contributed by atoms with Gasteiger partial charge >= 0.3 is 0 Å². The van der Waals surface area contributed by atoms with Gasteiger partial charge in [-0.25, -0.2) is 15.0 Å². The van der Waals surface area contributed by atoms with Crippen LogP contribution < -0.4 is 5.32 Å². The lowest BCUT2D eigenvalue weighted by Crippen LogP contribution is -2.02. The number of hydrogen-bond donors (Lipinski definition) is 2. The predicted molar refractivity (Wildman–Crippen MR) is 65.5 cm³/mol. The van der Waals surface area contributed by atoms with E-state index in [0.29, 0.717) is 17.0 Å². The molecule has 17 heavy (non-hydrogen) atoms. The molecule has 3 aromatic rings. The normalized spacial score (nSPS) is 14.7. The fourth-order valence-electron chi connectivity index (χ4n) is 1.44. The van der Waals surface area contributed by atoms with Crippen LogP contribution in [0.5, 0.6) is 0 Å². The zero-order valence-electron chi connectivity index (χ0n) is 13.7. The number of aromatic amines is 1. The van der Waals surface area contributed by atoms with E-state index in [1.807, 2.05) is 0 Å². The predicted octanol–water partition coefficient (Wildman–Crippen LogP) is 1.96. The second-order valence-electron chi connectivity index (χ2n) is 3.28. The maximum absolute atomic E-state index is 7.87. The summed E-state index contributed by atoms with van der Waals surface area (Å²) >= 11 is 0. The summed E-state index contributed by atoms with van der Waals surface area (Å²) in [6.07, 6.45) is 2.82. The molecule has 0 unspecified atom stereocenters. The Bertz CT molecular complexity index is 833. The lowest BCUT2D eigenvalue weighted by atomic mass is 10.2. The lowest BCUT2D eigenvalue weighted by Gasteiger charge is -2.05. The summed E-state index contributed by atoms with van der Waals surface area (Å²) in [6, 6.07) is -1.57. The van der Waals surface area contributed by atoms with Gasteiger partial charge in [-0.2, -0.15) is 0 Å². The van der Waals surface area contributed by atoms with Crippen molar-refractivity contribution >= 4 is 17.0 Å². The highest BCUT2D eigenvalue weighted by atomic mass is 15.1. The molecule has 5 heteroatoms. The summed E-state index contributed by atoms with van der Waals surface area (Å²) in [6.45, 7) is 0.0425. The second-order valence-corrected chi connectivity index (χ2v) is 3.28. The zero-order chi connectivity index (χ0) is 15.9. The highest BCUT2D eigenvalue weighted by Crippen LogP contribution is 2.15. The number of nitrogens with zero attached hydrogens (tertiary/aromatic N) is 3. The van der Waals surface area contributed by atoms with Crippen LogP contribution in [0.15, 0.2) is 42.9 Å².